The first-order chi connectivity index (χ1) is 9.76. The van der Waals surface area contributed by atoms with Crippen LogP contribution in [0.15, 0.2) is 42.5 Å². The summed E-state index contributed by atoms with van der Waals surface area (Å²) >= 11 is 0. The number of carbonyl (C=O) groups excluding carboxylic acids is 1. The Balaban J connectivity index is 2.14. The van der Waals surface area contributed by atoms with E-state index in [1.165, 1.54) is 18.7 Å². The van der Waals surface area contributed by atoms with Crippen LogP contribution in [0, 0.1) is 17.2 Å². The first-order valence-electron chi connectivity index (χ1n) is 6.68. The van der Waals surface area contributed by atoms with E-state index in [0.29, 0.717) is 0 Å². The van der Waals surface area contributed by atoms with Crippen LogP contribution in [-0.2, 0) is 16.1 Å². The minimum Gasteiger partial charge on any atom is -0.469 e. The topological polar surface area (TPSA) is 53.3 Å². The number of ether oxygens (including phenoxy) is 1. The molecule has 0 saturated carbocycles. The molecule has 104 valence electrons. The number of carbonyl (C=O) groups is 1. The lowest BCUT2D eigenvalue weighted by Crippen LogP contribution is -2.34. The van der Waals surface area contributed by atoms with E-state index in [9.17, 15) is 4.79 Å². The van der Waals surface area contributed by atoms with Crippen LogP contribution < -0.4 is 0 Å². The summed E-state index contributed by atoms with van der Waals surface area (Å²) in [6, 6.07) is 12.1. The summed E-state index contributed by atoms with van der Waals surface area (Å²) in [5.41, 5.74) is 1.20. The molecular weight excluding hydrogens is 252 g/mol. The van der Waals surface area contributed by atoms with Gasteiger partial charge >= 0.3 is 5.97 Å². The number of hydrogen-bond donors (Lipinski definition) is 0. The number of nitrogens with zero attached hydrogens (tertiary/aromatic N) is 2. The Bertz CT molecular complexity index is 519. The summed E-state index contributed by atoms with van der Waals surface area (Å²) in [5, 5.41) is 8.71. The number of esters is 1. The van der Waals surface area contributed by atoms with Crippen molar-refractivity contribution in [3.8, 4) is 6.07 Å². The monoisotopic (exact) mass is 270 g/mol. The largest absolute Gasteiger partial charge is 0.469 e. The molecular formula is C16H18N2O2. The van der Waals surface area contributed by atoms with Gasteiger partial charge in [0.1, 0.15) is 0 Å². The summed E-state index contributed by atoms with van der Waals surface area (Å²) < 4.78 is 4.86. The molecule has 0 N–H and O–H groups in total. The number of rotatable bonds is 4. The molecule has 1 aliphatic heterocycles. The van der Waals surface area contributed by atoms with Crippen molar-refractivity contribution < 1.29 is 9.53 Å². The highest BCUT2D eigenvalue weighted by atomic mass is 16.5. The Morgan fingerprint density at radius 1 is 1.50 bits per heavy atom. The smallest absolute Gasteiger partial charge is 0.310 e. The molecule has 0 bridgehead atoms. The van der Waals surface area contributed by atoms with Crippen LogP contribution in [0.5, 0.6) is 0 Å². The zero-order valence-corrected chi connectivity index (χ0v) is 11.5. The van der Waals surface area contributed by atoms with Crippen molar-refractivity contribution >= 4 is 5.97 Å². The Labute approximate surface area is 119 Å². The van der Waals surface area contributed by atoms with Gasteiger partial charge in [-0.1, -0.05) is 36.4 Å². The molecule has 0 radical (unpaired) electrons. The van der Waals surface area contributed by atoms with E-state index in [1.54, 1.807) is 6.08 Å². The van der Waals surface area contributed by atoms with E-state index in [1.807, 2.05) is 24.3 Å². The standard InChI is InChI=1S/C16H18N2O2/c1-20-16(19)14-9-11-18(15(14)8-5-10-17)12-13-6-3-2-4-7-13/h2-8,14-15H,9,11-12H2,1H3/b8-5-/t14-,15+/m1/s1. The predicted octanol–water partition coefficient (Wildman–Crippen LogP) is 2.13. The molecule has 1 aliphatic rings. The molecule has 20 heavy (non-hydrogen) atoms. The fourth-order valence-electron chi connectivity index (χ4n) is 2.69. The van der Waals surface area contributed by atoms with E-state index in [0.717, 1.165) is 19.5 Å². The average Bonchev–Trinajstić information content (AvgIpc) is 2.88. The Kier molecular flexibility index (Phi) is 4.91. The van der Waals surface area contributed by atoms with Gasteiger partial charge in [0.2, 0.25) is 0 Å². The average molecular weight is 270 g/mol. The third-order valence-corrected chi connectivity index (χ3v) is 3.66. The lowest BCUT2D eigenvalue weighted by Gasteiger charge is -2.24. The maximum atomic E-state index is 11.8. The van der Waals surface area contributed by atoms with Gasteiger partial charge in [-0.25, -0.2) is 0 Å². The van der Waals surface area contributed by atoms with Gasteiger partial charge in [0.25, 0.3) is 0 Å². The molecule has 1 fully saturated rings. The van der Waals surface area contributed by atoms with E-state index in [4.69, 9.17) is 10.00 Å². The third-order valence-electron chi connectivity index (χ3n) is 3.66. The van der Waals surface area contributed by atoms with E-state index < -0.39 is 0 Å². The number of hydrogen-bond acceptors (Lipinski definition) is 4. The van der Waals surface area contributed by atoms with Gasteiger partial charge in [0, 0.05) is 25.2 Å². The zero-order valence-electron chi connectivity index (χ0n) is 11.5. The number of benzene rings is 1. The van der Waals surface area contributed by atoms with E-state index in [-0.39, 0.29) is 17.9 Å². The van der Waals surface area contributed by atoms with Crippen molar-refractivity contribution in [2.45, 2.75) is 19.0 Å². The first-order valence-corrected chi connectivity index (χ1v) is 6.68. The van der Waals surface area contributed by atoms with Gasteiger partial charge in [0.15, 0.2) is 0 Å². The molecule has 0 amide bonds. The van der Waals surface area contributed by atoms with Crippen LogP contribution in [-0.4, -0.2) is 30.6 Å². The summed E-state index contributed by atoms with van der Waals surface area (Å²) in [6.45, 7) is 1.60. The fraction of sp³-hybridized carbons (Fsp3) is 0.375. The van der Waals surface area contributed by atoms with Crippen molar-refractivity contribution in [2.24, 2.45) is 5.92 Å². The quantitative estimate of drug-likeness (QED) is 0.621. The highest BCUT2D eigenvalue weighted by molar-refractivity contribution is 5.74. The maximum Gasteiger partial charge on any atom is 0.310 e. The van der Waals surface area contributed by atoms with E-state index >= 15 is 0 Å². The van der Waals surface area contributed by atoms with Crippen LogP contribution in [0.25, 0.3) is 0 Å². The molecule has 2 atom stereocenters. The van der Waals surface area contributed by atoms with Crippen LogP contribution in [0.3, 0.4) is 0 Å². The van der Waals surface area contributed by atoms with Gasteiger partial charge in [-0.2, -0.15) is 5.26 Å². The molecule has 0 aromatic heterocycles. The van der Waals surface area contributed by atoms with E-state index in [2.05, 4.69) is 17.0 Å². The summed E-state index contributed by atoms with van der Waals surface area (Å²) in [7, 11) is 1.41. The summed E-state index contributed by atoms with van der Waals surface area (Å²) in [4.78, 5) is 14.0. The van der Waals surface area contributed by atoms with Crippen molar-refractivity contribution in [2.75, 3.05) is 13.7 Å². The normalized spacial score (nSPS) is 22.8. The third kappa shape index (κ3) is 3.25. The highest BCUT2D eigenvalue weighted by Gasteiger charge is 2.37. The van der Waals surface area contributed by atoms with Gasteiger partial charge < -0.3 is 4.74 Å². The maximum absolute atomic E-state index is 11.8. The lowest BCUT2D eigenvalue weighted by molar-refractivity contribution is -0.145. The number of nitriles is 1. The van der Waals surface area contributed by atoms with Crippen molar-refractivity contribution in [1.29, 1.82) is 5.26 Å². The highest BCUT2D eigenvalue weighted by Crippen LogP contribution is 2.28. The minimum absolute atomic E-state index is 0.0673. The molecule has 1 aromatic rings. The SMILES string of the molecule is COC(=O)[C@@H]1CCN(Cc2ccccc2)[C@H]1/C=C\C#N. The molecule has 0 aliphatic carbocycles. The molecule has 1 aromatic carbocycles. The molecule has 4 heteroatoms. The second kappa shape index (κ2) is 6.88. The second-order valence-electron chi connectivity index (χ2n) is 4.85. The van der Waals surface area contributed by atoms with Crippen LogP contribution in [0.4, 0.5) is 0 Å². The predicted molar refractivity (Wildman–Crippen MR) is 75.5 cm³/mol. The zero-order chi connectivity index (χ0) is 14.4. The van der Waals surface area contributed by atoms with Crippen molar-refractivity contribution in [3.63, 3.8) is 0 Å². The number of methoxy groups -OCH3 is 1. The summed E-state index contributed by atoms with van der Waals surface area (Å²) in [6.07, 6.45) is 4.02. The number of likely N-dealkylation sites (tertiary alicyclic amines) is 1. The van der Waals surface area contributed by atoms with Crippen molar-refractivity contribution in [3.05, 3.63) is 48.0 Å². The molecule has 1 heterocycles. The Hall–Kier alpha value is -2.12. The Morgan fingerprint density at radius 3 is 2.90 bits per heavy atom. The molecule has 1 saturated heterocycles. The molecule has 0 unspecified atom stereocenters. The molecule has 4 nitrogen and oxygen atoms in total. The second-order valence-corrected chi connectivity index (χ2v) is 4.85. The van der Waals surface area contributed by atoms with Crippen molar-refractivity contribution in [1.82, 2.24) is 4.90 Å². The van der Waals surface area contributed by atoms with Crippen LogP contribution in [0.1, 0.15) is 12.0 Å². The Morgan fingerprint density at radius 2 is 2.25 bits per heavy atom. The lowest BCUT2D eigenvalue weighted by atomic mass is 10.00. The molecule has 2 rings (SSSR count). The van der Waals surface area contributed by atoms with Crippen LogP contribution >= 0.6 is 0 Å². The summed E-state index contributed by atoms with van der Waals surface area (Å²) in [5.74, 6) is -0.388. The van der Waals surface area contributed by atoms with Gasteiger partial charge in [-0.3, -0.25) is 9.69 Å². The fourth-order valence-corrected chi connectivity index (χ4v) is 2.69. The van der Waals surface area contributed by atoms with Gasteiger partial charge in [-0.05, 0) is 12.0 Å². The van der Waals surface area contributed by atoms with Crippen LogP contribution in [0.2, 0.25) is 0 Å². The minimum atomic E-state index is -0.201. The van der Waals surface area contributed by atoms with Gasteiger partial charge in [-0.15, -0.1) is 0 Å². The van der Waals surface area contributed by atoms with Gasteiger partial charge in [0.05, 0.1) is 19.1 Å². The first kappa shape index (κ1) is 14.3. The number of allylic oxidation sites excluding steroid dienone is 1. The molecule has 0 spiro atoms.